The predicted molar refractivity (Wildman–Crippen MR) is 87.0 cm³/mol. The zero-order chi connectivity index (χ0) is 16.6. The zero-order valence-electron chi connectivity index (χ0n) is 12.3. The molecule has 0 atom stereocenters. The second kappa shape index (κ2) is 5.92. The van der Waals surface area contributed by atoms with Crippen molar-refractivity contribution in [3.8, 4) is 11.4 Å². The number of pyridine rings is 1. The number of hydrogen-bond donors (Lipinski definition) is 2. The molecule has 0 radical (unpaired) electrons. The molecule has 3 aromatic rings. The maximum atomic E-state index is 14.1. The number of aromatic nitrogens is 5. The van der Waals surface area contributed by atoms with Crippen LogP contribution in [0.4, 0.5) is 15.8 Å². The van der Waals surface area contributed by atoms with Gasteiger partial charge in [-0.05, 0) is 35.5 Å². The molecule has 0 aliphatic rings. The normalized spacial score (nSPS) is 10.8. The van der Waals surface area contributed by atoms with Crippen LogP contribution in [0.2, 0.25) is 0 Å². The van der Waals surface area contributed by atoms with E-state index in [4.69, 9.17) is 0 Å². The van der Waals surface area contributed by atoms with Crippen LogP contribution >= 0.6 is 15.9 Å². The van der Waals surface area contributed by atoms with Crippen molar-refractivity contribution in [1.29, 1.82) is 0 Å². The van der Waals surface area contributed by atoms with Gasteiger partial charge in [-0.2, -0.15) is 0 Å². The largest absolute Gasteiger partial charge is 0.352 e. The summed E-state index contributed by atoms with van der Waals surface area (Å²) in [5, 5.41) is 16.6. The van der Waals surface area contributed by atoms with Crippen molar-refractivity contribution in [2.75, 3.05) is 5.32 Å². The molecule has 0 bridgehead atoms. The Morgan fingerprint density at radius 2 is 2.17 bits per heavy atom. The van der Waals surface area contributed by atoms with E-state index in [0.29, 0.717) is 27.1 Å². The summed E-state index contributed by atoms with van der Waals surface area (Å²) in [7, 11) is 1.63. The molecule has 3 rings (SSSR count). The summed E-state index contributed by atoms with van der Waals surface area (Å²) in [6.45, 7) is 1.66. The number of hydrogen-bond acceptors (Lipinski definition) is 5. The van der Waals surface area contributed by atoms with Crippen molar-refractivity contribution in [3.63, 3.8) is 0 Å². The third-order valence-electron chi connectivity index (χ3n) is 3.40. The van der Waals surface area contributed by atoms with Gasteiger partial charge in [-0.15, -0.1) is 5.10 Å². The van der Waals surface area contributed by atoms with Crippen molar-refractivity contribution < 1.29 is 4.39 Å². The molecule has 9 heteroatoms. The number of nitrogens with zero attached hydrogens (tertiary/aromatic N) is 4. The van der Waals surface area contributed by atoms with Gasteiger partial charge in [0.05, 0.1) is 16.9 Å². The highest BCUT2D eigenvalue weighted by atomic mass is 79.9. The molecule has 0 amide bonds. The second-order valence-corrected chi connectivity index (χ2v) is 5.87. The first kappa shape index (κ1) is 15.3. The molecule has 0 fully saturated rings. The van der Waals surface area contributed by atoms with Crippen molar-refractivity contribution in [3.05, 3.63) is 50.6 Å². The van der Waals surface area contributed by atoms with Gasteiger partial charge in [-0.25, -0.2) is 9.49 Å². The van der Waals surface area contributed by atoms with Gasteiger partial charge in [0, 0.05) is 23.3 Å². The van der Waals surface area contributed by atoms with Gasteiger partial charge in [0.25, 0.3) is 5.56 Å². The second-order valence-electron chi connectivity index (χ2n) is 4.96. The molecule has 0 aliphatic carbocycles. The van der Waals surface area contributed by atoms with E-state index in [1.807, 2.05) is 0 Å². The lowest BCUT2D eigenvalue weighted by molar-refractivity contribution is 0.631. The fourth-order valence-electron chi connectivity index (χ4n) is 2.23. The third-order valence-corrected chi connectivity index (χ3v) is 3.89. The minimum absolute atomic E-state index is 0.193. The summed E-state index contributed by atoms with van der Waals surface area (Å²) in [5.41, 5.74) is 1.51. The van der Waals surface area contributed by atoms with Crippen molar-refractivity contribution >= 4 is 27.3 Å². The van der Waals surface area contributed by atoms with Crippen LogP contribution in [0.1, 0.15) is 5.56 Å². The van der Waals surface area contributed by atoms with Crippen LogP contribution in [0, 0.1) is 12.7 Å². The fraction of sp³-hybridized carbons (Fsp3) is 0.143. The van der Waals surface area contributed by atoms with Crippen LogP contribution in [0.5, 0.6) is 0 Å². The number of halogens is 2. The van der Waals surface area contributed by atoms with Gasteiger partial charge in [0.2, 0.25) is 0 Å². The molecule has 0 unspecified atom stereocenters. The number of aryl methyl sites for hydroxylation is 1. The molecule has 23 heavy (non-hydrogen) atoms. The monoisotopic (exact) mass is 378 g/mol. The van der Waals surface area contributed by atoms with Crippen LogP contribution < -0.4 is 10.9 Å². The molecule has 0 aliphatic heterocycles. The first-order chi connectivity index (χ1) is 11.0. The van der Waals surface area contributed by atoms with E-state index in [9.17, 15) is 9.18 Å². The summed E-state index contributed by atoms with van der Waals surface area (Å²) >= 11 is 3.21. The van der Waals surface area contributed by atoms with Crippen LogP contribution in [0.3, 0.4) is 0 Å². The number of anilines is 2. The van der Waals surface area contributed by atoms with E-state index in [0.717, 1.165) is 0 Å². The highest BCUT2D eigenvalue weighted by Crippen LogP contribution is 2.30. The van der Waals surface area contributed by atoms with E-state index in [1.54, 1.807) is 32.3 Å². The van der Waals surface area contributed by atoms with Crippen LogP contribution in [-0.4, -0.2) is 25.2 Å². The van der Waals surface area contributed by atoms with E-state index in [1.165, 1.54) is 10.6 Å². The molecule has 2 heterocycles. The third kappa shape index (κ3) is 2.87. The first-order valence-corrected chi connectivity index (χ1v) is 7.43. The van der Waals surface area contributed by atoms with Crippen LogP contribution in [0.25, 0.3) is 11.4 Å². The molecule has 1 aromatic carbocycles. The zero-order valence-corrected chi connectivity index (χ0v) is 13.8. The minimum atomic E-state index is -0.443. The Morgan fingerprint density at radius 3 is 2.83 bits per heavy atom. The van der Waals surface area contributed by atoms with Gasteiger partial charge in [0.1, 0.15) is 5.82 Å². The smallest absolute Gasteiger partial charge is 0.255 e. The Bertz CT molecular complexity index is 922. The summed E-state index contributed by atoms with van der Waals surface area (Å²) in [6, 6.07) is 4.63. The number of H-pyrrole nitrogens is 1. The molecular weight excluding hydrogens is 367 g/mol. The Morgan fingerprint density at radius 1 is 1.39 bits per heavy atom. The van der Waals surface area contributed by atoms with Gasteiger partial charge >= 0.3 is 0 Å². The summed E-state index contributed by atoms with van der Waals surface area (Å²) in [4.78, 5) is 12.2. The Labute approximate surface area is 138 Å². The van der Waals surface area contributed by atoms with Gasteiger partial charge in [0.15, 0.2) is 5.82 Å². The average molecular weight is 379 g/mol. The van der Waals surface area contributed by atoms with E-state index >= 15 is 0 Å². The van der Waals surface area contributed by atoms with Gasteiger partial charge < -0.3 is 9.88 Å². The maximum Gasteiger partial charge on any atom is 0.255 e. The lowest BCUT2D eigenvalue weighted by atomic mass is 10.1. The summed E-state index contributed by atoms with van der Waals surface area (Å²) in [6.07, 6.45) is 1.59. The summed E-state index contributed by atoms with van der Waals surface area (Å²) < 4.78 is 16.2. The lowest BCUT2D eigenvalue weighted by Crippen LogP contribution is -2.21. The summed E-state index contributed by atoms with van der Waals surface area (Å²) in [5.74, 6) is -0.0650. The number of aromatic amines is 1. The van der Waals surface area contributed by atoms with Crippen molar-refractivity contribution in [2.45, 2.75) is 6.92 Å². The number of nitrogens with one attached hydrogen (secondary N) is 2. The number of benzene rings is 1. The van der Waals surface area contributed by atoms with Gasteiger partial charge in [-0.3, -0.25) is 4.79 Å². The van der Waals surface area contributed by atoms with E-state index < -0.39 is 5.82 Å². The number of rotatable bonds is 3. The number of tetrazole rings is 1. The molecular formula is C14H12BrFN6O. The Hall–Kier alpha value is -2.55. The molecule has 118 valence electrons. The molecule has 0 spiro atoms. The lowest BCUT2D eigenvalue weighted by Gasteiger charge is -2.15. The Balaban J connectivity index is 2.17. The first-order valence-electron chi connectivity index (χ1n) is 6.64. The van der Waals surface area contributed by atoms with Crippen LogP contribution in [0.15, 0.2) is 33.7 Å². The van der Waals surface area contributed by atoms with E-state index in [2.05, 4.69) is 41.9 Å². The SMILES string of the molecule is Cc1c(Nc2ccc(Br)cc2F)c(-c2nnn[nH]2)cn(C)c1=O. The predicted octanol–water partition coefficient (Wildman–Crippen LogP) is 2.52. The quantitative estimate of drug-likeness (QED) is 0.730. The highest BCUT2D eigenvalue weighted by molar-refractivity contribution is 9.10. The highest BCUT2D eigenvalue weighted by Gasteiger charge is 2.17. The van der Waals surface area contributed by atoms with Crippen molar-refractivity contribution in [2.24, 2.45) is 7.05 Å². The van der Waals surface area contributed by atoms with Crippen LogP contribution in [-0.2, 0) is 7.05 Å². The molecule has 7 nitrogen and oxygen atoms in total. The minimum Gasteiger partial charge on any atom is -0.352 e. The van der Waals surface area contributed by atoms with Gasteiger partial charge in [-0.1, -0.05) is 15.9 Å². The average Bonchev–Trinajstić information content (AvgIpc) is 3.04. The standard InChI is InChI=1S/C14H12BrFN6O/c1-7-12(17-11-4-3-8(15)5-10(11)16)9(6-22(2)14(7)23)13-18-20-21-19-13/h3-6,17H,1-2H3,(H,18,19,20,21). The molecule has 0 saturated heterocycles. The van der Waals surface area contributed by atoms with Crippen molar-refractivity contribution in [1.82, 2.24) is 25.2 Å². The molecule has 2 aromatic heterocycles. The maximum absolute atomic E-state index is 14.1. The Kier molecular flexibility index (Phi) is 3.95. The molecule has 2 N–H and O–H groups in total. The fourth-order valence-corrected chi connectivity index (χ4v) is 2.56. The topological polar surface area (TPSA) is 88.5 Å². The molecule has 0 saturated carbocycles. The van der Waals surface area contributed by atoms with E-state index in [-0.39, 0.29) is 11.2 Å².